The van der Waals surface area contributed by atoms with Crippen molar-refractivity contribution in [1.29, 1.82) is 0 Å². The van der Waals surface area contributed by atoms with Gasteiger partial charge in [0.15, 0.2) is 0 Å². The molecule has 0 saturated carbocycles. The van der Waals surface area contributed by atoms with Crippen LogP contribution in [-0.4, -0.2) is 45.9 Å². The molecule has 1 aromatic heterocycles. The summed E-state index contributed by atoms with van der Waals surface area (Å²) in [6.45, 7) is 6.05. The van der Waals surface area contributed by atoms with Gasteiger partial charge in [0.05, 0.1) is 6.54 Å². The van der Waals surface area contributed by atoms with Crippen molar-refractivity contribution in [3.8, 4) is 0 Å². The van der Waals surface area contributed by atoms with Gasteiger partial charge in [-0.1, -0.05) is 12.1 Å². The highest BCUT2D eigenvalue weighted by atomic mass is 19.1. The Labute approximate surface area is 124 Å². The number of rotatable bonds is 4. The molecule has 1 aromatic carbocycles. The number of imidazole rings is 1. The summed E-state index contributed by atoms with van der Waals surface area (Å²) < 4.78 is 12.9. The Bertz CT molecular complexity index is 538. The lowest BCUT2D eigenvalue weighted by Crippen LogP contribution is -2.30. The van der Waals surface area contributed by atoms with Gasteiger partial charge in [0, 0.05) is 32.0 Å². The zero-order valence-corrected chi connectivity index (χ0v) is 12.1. The molecule has 1 fully saturated rings. The minimum atomic E-state index is -0.167. The lowest BCUT2D eigenvalue weighted by Gasteiger charge is -2.21. The zero-order valence-electron chi connectivity index (χ0n) is 12.1. The molecular formula is C16H21FN4. The molecule has 0 aliphatic carbocycles. The van der Waals surface area contributed by atoms with E-state index in [4.69, 9.17) is 0 Å². The van der Waals surface area contributed by atoms with Crippen molar-refractivity contribution in [3.05, 3.63) is 53.9 Å². The van der Waals surface area contributed by atoms with E-state index < -0.39 is 0 Å². The molecule has 1 N–H and O–H groups in total. The topological polar surface area (TPSA) is 35.2 Å². The van der Waals surface area contributed by atoms with Crippen LogP contribution in [0.15, 0.2) is 36.7 Å². The van der Waals surface area contributed by atoms with E-state index in [-0.39, 0.29) is 5.82 Å². The first kappa shape index (κ1) is 14.2. The maximum Gasteiger partial charge on any atom is 0.123 e. The number of aromatic amines is 1. The van der Waals surface area contributed by atoms with E-state index in [2.05, 4.69) is 19.8 Å². The standard InChI is InChI=1S/C16H21FN4/c17-15-4-2-14(3-5-15)12-20-8-1-9-21(11-10-20)13-16-18-6-7-19-16/h2-7H,1,8-13H2,(H,18,19). The largest absolute Gasteiger partial charge is 0.348 e. The number of nitrogens with one attached hydrogen (secondary N) is 1. The van der Waals surface area contributed by atoms with Gasteiger partial charge in [0.1, 0.15) is 11.6 Å². The van der Waals surface area contributed by atoms with Gasteiger partial charge < -0.3 is 4.98 Å². The second-order valence-electron chi connectivity index (χ2n) is 5.57. The highest BCUT2D eigenvalue weighted by Gasteiger charge is 2.15. The summed E-state index contributed by atoms with van der Waals surface area (Å²) in [7, 11) is 0. The van der Waals surface area contributed by atoms with Crippen molar-refractivity contribution in [2.75, 3.05) is 26.2 Å². The van der Waals surface area contributed by atoms with Crippen LogP contribution < -0.4 is 0 Å². The maximum atomic E-state index is 12.9. The lowest BCUT2D eigenvalue weighted by atomic mass is 10.2. The van der Waals surface area contributed by atoms with Crippen LogP contribution in [0.3, 0.4) is 0 Å². The van der Waals surface area contributed by atoms with Gasteiger partial charge >= 0.3 is 0 Å². The molecule has 1 aliphatic rings. The van der Waals surface area contributed by atoms with Gasteiger partial charge in [-0.15, -0.1) is 0 Å². The Morgan fingerprint density at radius 1 is 1.00 bits per heavy atom. The molecule has 3 rings (SSSR count). The Hall–Kier alpha value is -1.72. The zero-order chi connectivity index (χ0) is 14.5. The summed E-state index contributed by atoms with van der Waals surface area (Å²) in [6.07, 6.45) is 4.82. The third-order valence-electron chi connectivity index (χ3n) is 3.93. The van der Waals surface area contributed by atoms with Crippen molar-refractivity contribution in [2.45, 2.75) is 19.5 Å². The summed E-state index contributed by atoms with van der Waals surface area (Å²) >= 11 is 0. The number of nitrogens with zero attached hydrogens (tertiary/aromatic N) is 3. The van der Waals surface area contributed by atoms with E-state index in [1.165, 1.54) is 17.7 Å². The second kappa shape index (κ2) is 6.83. The Kier molecular flexibility index (Phi) is 4.62. The van der Waals surface area contributed by atoms with Crippen molar-refractivity contribution in [3.63, 3.8) is 0 Å². The summed E-state index contributed by atoms with van der Waals surface area (Å²) in [5, 5.41) is 0. The summed E-state index contributed by atoms with van der Waals surface area (Å²) in [6, 6.07) is 6.83. The van der Waals surface area contributed by atoms with Gasteiger partial charge in [0.25, 0.3) is 0 Å². The van der Waals surface area contributed by atoms with Crippen molar-refractivity contribution < 1.29 is 4.39 Å². The third kappa shape index (κ3) is 4.12. The number of benzene rings is 1. The predicted octanol–water partition coefficient (Wildman–Crippen LogP) is 2.26. The van der Waals surface area contributed by atoms with E-state index >= 15 is 0 Å². The van der Waals surface area contributed by atoms with Gasteiger partial charge in [0.2, 0.25) is 0 Å². The first-order valence-electron chi connectivity index (χ1n) is 7.47. The van der Waals surface area contributed by atoms with Crippen molar-refractivity contribution >= 4 is 0 Å². The quantitative estimate of drug-likeness (QED) is 0.937. The number of halogens is 1. The Morgan fingerprint density at radius 3 is 2.38 bits per heavy atom. The number of hydrogen-bond donors (Lipinski definition) is 1. The highest BCUT2D eigenvalue weighted by molar-refractivity contribution is 5.15. The maximum absolute atomic E-state index is 12.9. The van der Waals surface area contributed by atoms with E-state index in [0.29, 0.717) is 0 Å². The van der Waals surface area contributed by atoms with Gasteiger partial charge in [-0.3, -0.25) is 9.80 Å². The van der Waals surface area contributed by atoms with Crippen LogP contribution in [-0.2, 0) is 13.1 Å². The fourth-order valence-electron chi connectivity index (χ4n) is 2.78. The number of hydrogen-bond acceptors (Lipinski definition) is 3. The van der Waals surface area contributed by atoms with Gasteiger partial charge in [-0.05, 0) is 37.2 Å². The van der Waals surface area contributed by atoms with Crippen LogP contribution in [0.1, 0.15) is 17.8 Å². The summed E-state index contributed by atoms with van der Waals surface area (Å²) in [5.74, 6) is 0.862. The van der Waals surface area contributed by atoms with E-state index in [9.17, 15) is 4.39 Å². The van der Waals surface area contributed by atoms with Gasteiger partial charge in [-0.25, -0.2) is 9.37 Å². The molecule has 0 bridgehead atoms. The van der Waals surface area contributed by atoms with Crippen LogP contribution >= 0.6 is 0 Å². The molecule has 0 spiro atoms. The Balaban J connectivity index is 1.52. The highest BCUT2D eigenvalue weighted by Crippen LogP contribution is 2.11. The first-order chi connectivity index (χ1) is 10.3. The van der Waals surface area contributed by atoms with Crippen molar-refractivity contribution in [1.82, 2.24) is 19.8 Å². The molecule has 21 heavy (non-hydrogen) atoms. The first-order valence-corrected chi connectivity index (χ1v) is 7.47. The molecule has 0 radical (unpaired) electrons. The molecule has 112 valence electrons. The molecule has 0 atom stereocenters. The molecule has 0 amide bonds. The minimum absolute atomic E-state index is 0.167. The third-order valence-corrected chi connectivity index (χ3v) is 3.93. The molecule has 1 aliphatic heterocycles. The second-order valence-corrected chi connectivity index (χ2v) is 5.57. The number of H-pyrrole nitrogens is 1. The van der Waals surface area contributed by atoms with Crippen LogP contribution in [0.5, 0.6) is 0 Å². The fourth-order valence-corrected chi connectivity index (χ4v) is 2.78. The average molecular weight is 288 g/mol. The average Bonchev–Trinajstić information content (AvgIpc) is 2.89. The normalized spacial score (nSPS) is 17.8. The SMILES string of the molecule is Fc1ccc(CN2CCCN(Cc3ncc[nH]3)CC2)cc1. The smallest absolute Gasteiger partial charge is 0.123 e. The Morgan fingerprint density at radius 2 is 1.71 bits per heavy atom. The monoisotopic (exact) mass is 288 g/mol. The molecular weight excluding hydrogens is 267 g/mol. The van der Waals surface area contributed by atoms with Crippen LogP contribution in [0.4, 0.5) is 4.39 Å². The van der Waals surface area contributed by atoms with Crippen LogP contribution in [0, 0.1) is 5.82 Å². The minimum Gasteiger partial charge on any atom is -0.348 e. The van der Waals surface area contributed by atoms with Crippen LogP contribution in [0.2, 0.25) is 0 Å². The molecule has 0 unspecified atom stereocenters. The molecule has 5 heteroatoms. The molecule has 1 saturated heterocycles. The molecule has 2 aromatic rings. The predicted molar refractivity (Wildman–Crippen MR) is 80.2 cm³/mol. The van der Waals surface area contributed by atoms with Gasteiger partial charge in [-0.2, -0.15) is 0 Å². The number of aromatic nitrogens is 2. The fraction of sp³-hybridized carbons (Fsp3) is 0.438. The summed E-state index contributed by atoms with van der Waals surface area (Å²) in [4.78, 5) is 12.3. The van der Waals surface area contributed by atoms with Crippen molar-refractivity contribution in [2.24, 2.45) is 0 Å². The van der Waals surface area contributed by atoms with E-state index in [1.54, 1.807) is 6.20 Å². The van der Waals surface area contributed by atoms with Crippen LogP contribution in [0.25, 0.3) is 0 Å². The van der Waals surface area contributed by atoms with E-state index in [1.807, 2.05) is 18.3 Å². The van der Waals surface area contributed by atoms with E-state index in [0.717, 1.165) is 51.5 Å². The molecule has 4 nitrogen and oxygen atoms in total. The lowest BCUT2D eigenvalue weighted by molar-refractivity contribution is 0.244. The molecule has 2 heterocycles. The summed E-state index contributed by atoms with van der Waals surface area (Å²) in [5.41, 5.74) is 1.18.